The van der Waals surface area contributed by atoms with Crippen molar-refractivity contribution in [3.63, 3.8) is 0 Å². The number of hydrogen-bond donors (Lipinski definition) is 1. The van der Waals surface area contributed by atoms with E-state index >= 15 is 0 Å². The van der Waals surface area contributed by atoms with E-state index in [1.807, 2.05) is 0 Å². The first-order valence-electron chi connectivity index (χ1n) is 1.91. The summed E-state index contributed by atoms with van der Waals surface area (Å²) in [6.07, 6.45) is 1.17. The molecule has 0 bridgehead atoms. The number of halogens is 1. The predicted octanol–water partition coefficient (Wildman–Crippen LogP) is 1.33. The summed E-state index contributed by atoms with van der Waals surface area (Å²) in [5.74, 6) is -0.500. The van der Waals surface area contributed by atoms with E-state index in [0.29, 0.717) is 5.70 Å². The molecule has 2 N–H and O–H groups in total. The van der Waals surface area contributed by atoms with E-state index in [2.05, 4.69) is 6.58 Å². The van der Waals surface area contributed by atoms with E-state index in [1.54, 1.807) is 6.92 Å². The molecule has 0 aliphatic carbocycles. The molecule has 40 valence electrons. The van der Waals surface area contributed by atoms with E-state index in [0.717, 1.165) is 0 Å². The lowest BCUT2D eigenvalue weighted by atomic mass is 10.4. The molecule has 0 aromatic carbocycles. The van der Waals surface area contributed by atoms with Crippen molar-refractivity contribution in [2.24, 2.45) is 5.73 Å². The standard InChI is InChI=1S/C5H8FN/c1-4(6)3-5(2)7/h3H,1,7H2,2H3/b5-3+. The fourth-order valence-corrected chi connectivity index (χ4v) is 0.247. The first-order chi connectivity index (χ1) is 3.13. The average molecular weight is 101 g/mol. The number of hydrogen-bond acceptors (Lipinski definition) is 1. The minimum absolute atomic E-state index is 0.438. The monoisotopic (exact) mass is 101 g/mol. The lowest BCUT2D eigenvalue weighted by molar-refractivity contribution is 0.669. The summed E-state index contributed by atoms with van der Waals surface area (Å²) in [6, 6.07) is 0. The van der Waals surface area contributed by atoms with Crippen molar-refractivity contribution in [3.8, 4) is 0 Å². The maximum absolute atomic E-state index is 11.6. The molecule has 0 atom stereocenters. The van der Waals surface area contributed by atoms with E-state index in [-0.39, 0.29) is 0 Å². The molecule has 0 spiro atoms. The summed E-state index contributed by atoms with van der Waals surface area (Å²) in [5.41, 5.74) is 5.49. The van der Waals surface area contributed by atoms with Gasteiger partial charge in [-0.15, -0.1) is 0 Å². The molecular formula is C5H8FN. The van der Waals surface area contributed by atoms with Gasteiger partial charge in [-0.25, -0.2) is 4.39 Å². The van der Waals surface area contributed by atoms with Gasteiger partial charge in [-0.2, -0.15) is 0 Å². The fraction of sp³-hybridized carbons (Fsp3) is 0.200. The van der Waals surface area contributed by atoms with Gasteiger partial charge in [0.25, 0.3) is 0 Å². The van der Waals surface area contributed by atoms with Crippen LogP contribution in [0.3, 0.4) is 0 Å². The molecule has 0 unspecified atom stereocenters. The zero-order valence-electron chi connectivity index (χ0n) is 4.24. The molecule has 0 radical (unpaired) electrons. The highest BCUT2D eigenvalue weighted by atomic mass is 19.1. The Hall–Kier alpha value is -0.790. The van der Waals surface area contributed by atoms with Crippen LogP contribution in [-0.4, -0.2) is 0 Å². The minimum Gasteiger partial charge on any atom is -0.402 e. The molecule has 0 aliphatic rings. The quantitative estimate of drug-likeness (QED) is 0.495. The molecule has 1 nitrogen and oxygen atoms in total. The smallest absolute Gasteiger partial charge is 0.117 e. The first kappa shape index (κ1) is 6.21. The summed E-state index contributed by atoms with van der Waals surface area (Å²) in [5, 5.41) is 0. The average Bonchev–Trinajstić information content (AvgIpc) is 1.27. The van der Waals surface area contributed by atoms with Gasteiger partial charge in [0.1, 0.15) is 5.83 Å². The zero-order chi connectivity index (χ0) is 5.86. The Balaban J connectivity index is 3.68. The number of nitrogens with two attached hydrogens (primary N) is 1. The molecule has 0 amide bonds. The van der Waals surface area contributed by atoms with Crippen molar-refractivity contribution in [1.29, 1.82) is 0 Å². The summed E-state index contributed by atoms with van der Waals surface area (Å²) in [6.45, 7) is 4.57. The lowest BCUT2D eigenvalue weighted by Gasteiger charge is -1.83. The highest BCUT2D eigenvalue weighted by Gasteiger charge is 1.78. The Morgan fingerprint density at radius 1 is 1.86 bits per heavy atom. The lowest BCUT2D eigenvalue weighted by Crippen LogP contribution is -1.88. The van der Waals surface area contributed by atoms with Crippen molar-refractivity contribution in [2.75, 3.05) is 0 Å². The van der Waals surface area contributed by atoms with Crippen LogP contribution in [0.5, 0.6) is 0 Å². The van der Waals surface area contributed by atoms with Crippen molar-refractivity contribution in [3.05, 3.63) is 24.2 Å². The largest absolute Gasteiger partial charge is 0.402 e. The molecule has 0 fully saturated rings. The Kier molecular flexibility index (Phi) is 2.12. The Morgan fingerprint density at radius 3 is 2.29 bits per heavy atom. The van der Waals surface area contributed by atoms with Crippen LogP contribution in [0.4, 0.5) is 4.39 Å². The Bertz CT molecular complexity index is 101. The predicted molar refractivity (Wildman–Crippen MR) is 28.2 cm³/mol. The van der Waals surface area contributed by atoms with Gasteiger partial charge >= 0.3 is 0 Å². The third-order valence-corrected chi connectivity index (χ3v) is 0.384. The fourth-order valence-electron chi connectivity index (χ4n) is 0.247. The summed E-state index contributed by atoms with van der Waals surface area (Å²) >= 11 is 0. The summed E-state index contributed by atoms with van der Waals surface area (Å²) in [7, 11) is 0. The van der Waals surface area contributed by atoms with E-state index in [4.69, 9.17) is 5.73 Å². The Labute approximate surface area is 42.3 Å². The van der Waals surface area contributed by atoms with E-state index in [9.17, 15) is 4.39 Å². The second-order valence-corrected chi connectivity index (χ2v) is 1.34. The van der Waals surface area contributed by atoms with Gasteiger partial charge in [0.2, 0.25) is 0 Å². The summed E-state index contributed by atoms with van der Waals surface area (Å²) < 4.78 is 11.6. The van der Waals surface area contributed by atoms with Gasteiger partial charge < -0.3 is 5.73 Å². The second-order valence-electron chi connectivity index (χ2n) is 1.34. The molecule has 2 heteroatoms. The second kappa shape index (κ2) is 2.39. The van der Waals surface area contributed by atoms with Crippen LogP contribution in [0.15, 0.2) is 24.2 Å². The molecule has 0 aromatic heterocycles. The third kappa shape index (κ3) is 5.21. The van der Waals surface area contributed by atoms with Crippen LogP contribution in [0.1, 0.15) is 6.92 Å². The van der Waals surface area contributed by atoms with Crippen molar-refractivity contribution in [2.45, 2.75) is 6.92 Å². The van der Waals surface area contributed by atoms with Gasteiger partial charge in [0.15, 0.2) is 0 Å². The Morgan fingerprint density at radius 2 is 2.29 bits per heavy atom. The molecule has 0 saturated heterocycles. The maximum Gasteiger partial charge on any atom is 0.117 e. The van der Waals surface area contributed by atoms with Crippen LogP contribution in [0.25, 0.3) is 0 Å². The minimum atomic E-state index is -0.500. The van der Waals surface area contributed by atoms with Gasteiger partial charge in [-0.1, -0.05) is 6.58 Å². The molecule has 7 heavy (non-hydrogen) atoms. The molecule has 0 heterocycles. The van der Waals surface area contributed by atoms with Crippen molar-refractivity contribution < 1.29 is 4.39 Å². The van der Waals surface area contributed by atoms with Crippen LogP contribution in [0, 0.1) is 0 Å². The first-order valence-corrected chi connectivity index (χ1v) is 1.91. The highest BCUT2D eigenvalue weighted by molar-refractivity contribution is 5.10. The molecule has 0 aliphatic heterocycles. The molecule has 0 rings (SSSR count). The van der Waals surface area contributed by atoms with E-state index in [1.165, 1.54) is 6.08 Å². The molecule has 0 aromatic rings. The van der Waals surface area contributed by atoms with Crippen LogP contribution in [-0.2, 0) is 0 Å². The van der Waals surface area contributed by atoms with Crippen molar-refractivity contribution in [1.82, 2.24) is 0 Å². The zero-order valence-corrected chi connectivity index (χ0v) is 4.24. The highest BCUT2D eigenvalue weighted by Crippen LogP contribution is 1.93. The summed E-state index contributed by atoms with van der Waals surface area (Å²) in [4.78, 5) is 0. The topological polar surface area (TPSA) is 26.0 Å². The van der Waals surface area contributed by atoms with Gasteiger partial charge in [0.05, 0.1) is 0 Å². The van der Waals surface area contributed by atoms with Gasteiger partial charge in [0, 0.05) is 5.70 Å². The van der Waals surface area contributed by atoms with Crippen LogP contribution >= 0.6 is 0 Å². The number of allylic oxidation sites excluding steroid dienone is 3. The van der Waals surface area contributed by atoms with Crippen LogP contribution in [0.2, 0.25) is 0 Å². The van der Waals surface area contributed by atoms with E-state index < -0.39 is 5.83 Å². The maximum atomic E-state index is 11.6. The molecule has 0 saturated carbocycles. The normalized spacial score (nSPS) is 11.4. The van der Waals surface area contributed by atoms with Crippen LogP contribution < -0.4 is 5.73 Å². The van der Waals surface area contributed by atoms with Gasteiger partial charge in [-0.3, -0.25) is 0 Å². The third-order valence-electron chi connectivity index (χ3n) is 0.384. The SMILES string of the molecule is C=C(F)/C=C(\C)N. The van der Waals surface area contributed by atoms with Gasteiger partial charge in [-0.05, 0) is 13.0 Å². The number of rotatable bonds is 1. The molecular weight excluding hydrogens is 93.1 g/mol. The van der Waals surface area contributed by atoms with Crippen molar-refractivity contribution >= 4 is 0 Å².